The molecule has 1 aromatic heterocycles. The van der Waals surface area contributed by atoms with Crippen molar-refractivity contribution < 1.29 is 14.1 Å². The van der Waals surface area contributed by atoms with Crippen LogP contribution in [0.2, 0.25) is 0 Å². The Hall–Kier alpha value is -1.36. The maximum Gasteiger partial charge on any atom is 0.220 e. The number of carbonyl (C=O) groups excluding carboxylic acids is 1. The van der Waals surface area contributed by atoms with E-state index in [-0.39, 0.29) is 5.91 Å². The van der Waals surface area contributed by atoms with Crippen LogP contribution in [0.25, 0.3) is 0 Å². The smallest absolute Gasteiger partial charge is 0.220 e. The third-order valence-electron chi connectivity index (χ3n) is 3.60. The minimum Gasteiger partial charge on any atom is -0.381 e. The van der Waals surface area contributed by atoms with Gasteiger partial charge in [-0.3, -0.25) is 4.79 Å². The minimum atomic E-state index is 0.134. The van der Waals surface area contributed by atoms with E-state index in [1.165, 1.54) is 5.56 Å². The number of hydrogen-bond acceptors (Lipinski definition) is 4. The molecule has 1 aliphatic heterocycles. The second-order valence-corrected chi connectivity index (χ2v) is 5.19. The molecule has 1 fully saturated rings. The third kappa shape index (κ3) is 4.06. The highest BCUT2D eigenvalue weighted by atomic mass is 16.5. The Bertz CT molecular complexity index is 403. The summed E-state index contributed by atoms with van der Waals surface area (Å²) in [5.74, 6) is 1.42. The molecule has 0 aliphatic carbocycles. The maximum atomic E-state index is 11.7. The van der Waals surface area contributed by atoms with E-state index in [0.29, 0.717) is 18.9 Å². The highest BCUT2D eigenvalue weighted by Crippen LogP contribution is 2.16. The fourth-order valence-corrected chi connectivity index (χ4v) is 2.43. The molecule has 1 saturated heterocycles. The van der Waals surface area contributed by atoms with Gasteiger partial charge in [0.2, 0.25) is 5.91 Å². The Morgan fingerprint density at radius 2 is 2.32 bits per heavy atom. The molecule has 0 saturated carbocycles. The minimum absolute atomic E-state index is 0.134. The third-order valence-corrected chi connectivity index (χ3v) is 3.60. The number of nitrogens with zero attached hydrogens (tertiary/aromatic N) is 1. The predicted octanol–water partition coefficient (Wildman–Crippen LogP) is 1.77. The lowest BCUT2D eigenvalue weighted by molar-refractivity contribution is -0.122. The normalized spacial score (nSPS) is 18.7. The molecule has 1 aromatic rings. The first-order valence-electron chi connectivity index (χ1n) is 6.93. The fourth-order valence-electron chi connectivity index (χ4n) is 2.43. The van der Waals surface area contributed by atoms with Gasteiger partial charge >= 0.3 is 0 Å². The molecule has 0 radical (unpaired) electrons. The van der Waals surface area contributed by atoms with Crippen molar-refractivity contribution in [2.45, 2.75) is 39.5 Å². The van der Waals surface area contributed by atoms with E-state index in [2.05, 4.69) is 10.5 Å². The lowest BCUT2D eigenvalue weighted by Gasteiger charge is -2.08. The molecule has 5 nitrogen and oxygen atoms in total. The summed E-state index contributed by atoms with van der Waals surface area (Å²) in [5.41, 5.74) is 2.12. The van der Waals surface area contributed by atoms with E-state index in [1.807, 2.05) is 13.8 Å². The summed E-state index contributed by atoms with van der Waals surface area (Å²) in [7, 11) is 0. The Morgan fingerprint density at radius 3 is 2.95 bits per heavy atom. The largest absolute Gasteiger partial charge is 0.381 e. The van der Waals surface area contributed by atoms with Crippen LogP contribution < -0.4 is 5.32 Å². The highest BCUT2D eigenvalue weighted by Gasteiger charge is 2.18. The second kappa shape index (κ2) is 6.70. The standard InChI is InChI=1S/C14H22N2O3/c1-10-13(11(2)19-16-10)4-3-6-15-14(17)8-12-5-7-18-9-12/h12H,3-9H2,1-2H3,(H,15,17)/t12-/m0/s1. The zero-order valence-electron chi connectivity index (χ0n) is 11.7. The molecule has 1 aliphatic rings. The molecular formula is C14H22N2O3. The number of rotatable bonds is 6. The van der Waals surface area contributed by atoms with Gasteiger partial charge in [0.1, 0.15) is 5.76 Å². The van der Waals surface area contributed by atoms with Gasteiger partial charge in [-0.1, -0.05) is 5.16 Å². The van der Waals surface area contributed by atoms with Gasteiger partial charge in [-0.15, -0.1) is 0 Å². The zero-order chi connectivity index (χ0) is 13.7. The van der Waals surface area contributed by atoms with Crippen molar-refractivity contribution in [2.24, 2.45) is 5.92 Å². The molecule has 2 rings (SSSR count). The number of nitrogens with one attached hydrogen (secondary N) is 1. The van der Waals surface area contributed by atoms with Crippen molar-refractivity contribution in [1.82, 2.24) is 10.5 Å². The number of aryl methyl sites for hydroxylation is 2. The lowest BCUT2D eigenvalue weighted by Crippen LogP contribution is -2.27. The van der Waals surface area contributed by atoms with Gasteiger partial charge in [-0.05, 0) is 39.0 Å². The predicted molar refractivity (Wildman–Crippen MR) is 70.9 cm³/mol. The van der Waals surface area contributed by atoms with Crippen LogP contribution in [-0.2, 0) is 16.0 Å². The summed E-state index contributed by atoms with van der Waals surface area (Å²) < 4.78 is 10.4. The molecule has 19 heavy (non-hydrogen) atoms. The summed E-state index contributed by atoms with van der Waals surface area (Å²) in [6.07, 6.45) is 3.40. The number of carbonyl (C=O) groups is 1. The van der Waals surface area contributed by atoms with Crippen molar-refractivity contribution in [3.8, 4) is 0 Å². The number of aromatic nitrogens is 1. The van der Waals surface area contributed by atoms with E-state index >= 15 is 0 Å². The van der Waals surface area contributed by atoms with Crippen LogP contribution in [0.3, 0.4) is 0 Å². The second-order valence-electron chi connectivity index (χ2n) is 5.19. The van der Waals surface area contributed by atoms with Gasteiger partial charge in [0.25, 0.3) is 0 Å². The van der Waals surface area contributed by atoms with Crippen LogP contribution in [0.1, 0.15) is 36.3 Å². The van der Waals surface area contributed by atoms with Gasteiger partial charge in [0.05, 0.1) is 5.69 Å². The van der Waals surface area contributed by atoms with Crippen molar-refractivity contribution in [3.63, 3.8) is 0 Å². The van der Waals surface area contributed by atoms with Crippen LogP contribution in [0.4, 0.5) is 0 Å². The summed E-state index contributed by atoms with van der Waals surface area (Å²) >= 11 is 0. The summed E-state index contributed by atoms with van der Waals surface area (Å²) in [6.45, 7) is 6.10. The topological polar surface area (TPSA) is 64.4 Å². The van der Waals surface area contributed by atoms with Crippen LogP contribution in [0, 0.1) is 19.8 Å². The SMILES string of the molecule is Cc1noc(C)c1CCCNC(=O)C[C@@H]1CCOC1. The van der Waals surface area contributed by atoms with Gasteiger partial charge in [0.15, 0.2) is 0 Å². The molecule has 1 amide bonds. The van der Waals surface area contributed by atoms with E-state index in [4.69, 9.17) is 9.26 Å². The van der Waals surface area contributed by atoms with E-state index in [1.54, 1.807) is 0 Å². The van der Waals surface area contributed by atoms with Gasteiger partial charge in [-0.25, -0.2) is 0 Å². The molecular weight excluding hydrogens is 244 g/mol. The first-order chi connectivity index (χ1) is 9.16. The van der Waals surface area contributed by atoms with Gasteiger partial charge < -0.3 is 14.6 Å². The van der Waals surface area contributed by atoms with Gasteiger partial charge in [-0.2, -0.15) is 0 Å². The molecule has 5 heteroatoms. The molecule has 2 heterocycles. The van der Waals surface area contributed by atoms with Crippen molar-refractivity contribution in [1.29, 1.82) is 0 Å². The molecule has 1 atom stereocenters. The van der Waals surface area contributed by atoms with Crippen LogP contribution >= 0.6 is 0 Å². The van der Waals surface area contributed by atoms with Crippen LogP contribution in [0.5, 0.6) is 0 Å². The maximum absolute atomic E-state index is 11.7. The molecule has 1 N–H and O–H groups in total. The van der Waals surface area contributed by atoms with Gasteiger partial charge in [0, 0.05) is 31.7 Å². The first-order valence-corrected chi connectivity index (χ1v) is 6.93. The Balaban J connectivity index is 1.62. The average Bonchev–Trinajstić information content (AvgIpc) is 2.98. The van der Waals surface area contributed by atoms with Crippen LogP contribution in [-0.4, -0.2) is 30.8 Å². The fraction of sp³-hybridized carbons (Fsp3) is 0.714. The average molecular weight is 266 g/mol. The van der Waals surface area contributed by atoms with Crippen molar-refractivity contribution in [2.75, 3.05) is 19.8 Å². The molecule has 106 valence electrons. The quantitative estimate of drug-likeness (QED) is 0.797. The Morgan fingerprint density at radius 1 is 1.47 bits per heavy atom. The highest BCUT2D eigenvalue weighted by molar-refractivity contribution is 5.76. The van der Waals surface area contributed by atoms with Crippen molar-refractivity contribution >= 4 is 5.91 Å². The Kier molecular flexibility index (Phi) is 4.96. The molecule has 0 bridgehead atoms. The monoisotopic (exact) mass is 266 g/mol. The Labute approximate surface area is 113 Å². The van der Waals surface area contributed by atoms with E-state index < -0.39 is 0 Å². The molecule has 0 aromatic carbocycles. The molecule has 0 spiro atoms. The first kappa shape index (κ1) is 14.1. The van der Waals surface area contributed by atoms with E-state index in [9.17, 15) is 4.79 Å². The zero-order valence-corrected chi connectivity index (χ0v) is 11.7. The number of ether oxygens (including phenoxy) is 1. The summed E-state index contributed by atoms with van der Waals surface area (Å²) in [4.78, 5) is 11.7. The molecule has 0 unspecified atom stereocenters. The number of amides is 1. The van der Waals surface area contributed by atoms with Crippen LogP contribution in [0.15, 0.2) is 4.52 Å². The lowest BCUT2D eigenvalue weighted by atomic mass is 10.0. The van der Waals surface area contributed by atoms with E-state index in [0.717, 1.165) is 43.9 Å². The van der Waals surface area contributed by atoms with Crippen molar-refractivity contribution in [3.05, 3.63) is 17.0 Å². The number of hydrogen-bond donors (Lipinski definition) is 1. The summed E-state index contributed by atoms with van der Waals surface area (Å²) in [5, 5.41) is 6.89. The summed E-state index contributed by atoms with van der Waals surface area (Å²) in [6, 6.07) is 0.